The van der Waals surface area contributed by atoms with Crippen LogP contribution in [0.5, 0.6) is 0 Å². The minimum atomic E-state index is -1.12. The zero-order chi connectivity index (χ0) is 29.8. The van der Waals surface area contributed by atoms with Gasteiger partial charge in [-0.1, -0.05) is 44.7 Å². The average Bonchev–Trinajstić information content (AvgIpc) is 3.40. The number of amides is 4. The van der Waals surface area contributed by atoms with E-state index in [1.54, 1.807) is 6.92 Å². The van der Waals surface area contributed by atoms with Gasteiger partial charge in [-0.25, -0.2) is 0 Å². The lowest BCUT2D eigenvalue weighted by molar-refractivity contribution is -0.145. The van der Waals surface area contributed by atoms with E-state index in [1.807, 2.05) is 6.92 Å². The van der Waals surface area contributed by atoms with Crippen LogP contribution in [-0.4, -0.2) is 110 Å². The highest BCUT2D eigenvalue weighted by molar-refractivity contribution is 5.93. The molecule has 4 amide bonds. The number of carbonyl (C=O) groups excluding carboxylic acids is 4. The van der Waals surface area contributed by atoms with Crippen LogP contribution in [-0.2, 0) is 35.3 Å². The van der Waals surface area contributed by atoms with E-state index in [0.717, 1.165) is 25.7 Å². The molecule has 0 aromatic carbocycles. The molecule has 1 aromatic rings. The summed E-state index contributed by atoms with van der Waals surface area (Å²) in [6.07, 6.45) is 5.26. The number of ether oxygens (including phenoxy) is 1. The number of hydrogen-bond acceptors (Lipinski definition) is 10. The molecule has 3 atom stereocenters. The molecule has 0 unspecified atom stereocenters. The Balaban J connectivity index is 1.67. The molecule has 5 N–H and O–H groups in total. The highest BCUT2D eigenvalue weighted by Crippen LogP contribution is 2.24. The first kappa shape index (κ1) is 31.9. The number of carbonyl (C=O) groups is 5. The molecule has 1 saturated heterocycles. The van der Waals surface area contributed by atoms with Crippen LogP contribution in [0.1, 0.15) is 71.0 Å². The third-order valence-corrected chi connectivity index (χ3v) is 7.59. The first-order chi connectivity index (χ1) is 19.7. The molecule has 0 spiro atoms. The molecule has 1 saturated carbocycles. The molecular weight excluding hydrogens is 538 g/mol. The van der Waals surface area contributed by atoms with Gasteiger partial charge in [-0.15, -0.1) is 10.2 Å². The molecular formula is C25H41N9O7. The van der Waals surface area contributed by atoms with Crippen LogP contribution < -0.4 is 16.0 Å². The molecule has 3 rings (SSSR count). The first-order valence-electron chi connectivity index (χ1n) is 14.1. The van der Waals surface area contributed by atoms with Gasteiger partial charge < -0.3 is 30.7 Å². The Morgan fingerprint density at radius 1 is 1.10 bits per heavy atom. The quantitative estimate of drug-likeness (QED) is 0.193. The van der Waals surface area contributed by atoms with Gasteiger partial charge in [-0.05, 0) is 18.8 Å². The molecule has 228 valence electrons. The third kappa shape index (κ3) is 9.74. The van der Waals surface area contributed by atoms with Crippen molar-refractivity contribution in [3.63, 3.8) is 0 Å². The van der Waals surface area contributed by atoms with Crippen molar-refractivity contribution in [2.45, 2.75) is 89.9 Å². The number of aromatic nitrogens is 4. The Labute approximate surface area is 238 Å². The smallest absolute Gasteiger partial charge is 0.303 e. The molecule has 41 heavy (non-hydrogen) atoms. The summed E-state index contributed by atoms with van der Waals surface area (Å²) in [6, 6.07) is -1.60. The van der Waals surface area contributed by atoms with Gasteiger partial charge in [0.15, 0.2) is 5.82 Å². The van der Waals surface area contributed by atoms with Gasteiger partial charge in [0.05, 0.1) is 19.5 Å². The Morgan fingerprint density at radius 2 is 1.85 bits per heavy atom. The van der Waals surface area contributed by atoms with Crippen molar-refractivity contribution in [2.75, 3.05) is 26.6 Å². The van der Waals surface area contributed by atoms with E-state index in [1.165, 1.54) is 11.3 Å². The van der Waals surface area contributed by atoms with Gasteiger partial charge in [0.2, 0.25) is 23.6 Å². The Kier molecular flexibility index (Phi) is 12.4. The highest BCUT2D eigenvalue weighted by atomic mass is 16.5. The van der Waals surface area contributed by atoms with Crippen molar-refractivity contribution >= 4 is 29.6 Å². The van der Waals surface area contributed by atoms with Gasteiger partial charge >= 0.3 is 5.97 Å². The zero-order valence-corrected chi connectivity index (χ0v) is 23.6. The van der Waals surface area contributed by atoms with Crippen LogP contribution in [0.25, 0.3) is 0 Å². The lowest BCUT2D eigenvalue weighted by atomic mass is 9.94. The van der Waals surface area contributed by atoms with E-state index in [0.29, 0.717) is 12.2 Å². The predicted molar refractivity (Wildman–Crippen MR) is 142 cm³/mol. The molecule has 16 heteroatoms. The minimum absolute atomic E-state index is 0.0209. The SMILES string of the molecule is CC[C@H](C)[C@H](NC(=O)CCC(=O)O)C(=O)NCC(=O)N1COCN(C2CCCCC2)C[C@H]1C(=O)NCc1nn[nH]n1. The van der Waals surface area contributed by atoms with Gasteiger partial charge in [-0.3, -0.25) is 28.9 Å². The fourth-order valence-electron chi connectivity index (χ4n) is 4.97. The van der Waals surface area contributed by atoms with E-state index in [4.69, 9.17) is 9.84 Å². The molecule has 16 nitrogen and oxygen atoms in total. The number of aromatic amines is 1. The second-order valence-electron chi connectivity index (χ2n) is 10.5. The Hall–Kier alpha value is -3.66. The monoisotopic (exact) mass is 579 g/mol. The maximum absolute atomic E-state index is 13.4. The standard InChI is InChI=1S/C25H41N9O7/c1-3-16(2)23(28-20(35)9-10-22(37)38)25(40)27-12-21(36)34-15-41-14-33(17-7-5-4-6-8-17)13-18(34)24(39)26-11-19-29-31-32-30-19/h16-18,23H,3-15H2,1-2H3,(H,26,39)(H,27,40)(H,28,35)(H,37,38)(H,29,30,31,32)/t16-,18-,23-/m0/s1. The number of nitrogens with one attached hydrogen (secondary N) is 4. The minimum Gasteiger partial charge on any atom is -0.481 e. The second-order valence-corrected chi connectivity index (χ2v) is 10.5. The molecule has 2 heterocycles. The van der Waals surface area contributed by atoms with Crippen molar-refractivity contribution in [1.29, 1.82) is 0 Å². The lowest BCUT2D eigenvalue weighted by Gasteiger charge is -2.35. The van der Waals surface area contributed by atoms with E-state index in [9.17, 15) is 24.0 Å². The largest absolute Gasteiger partial charge is 0.481 e. The number of H-pyrrole nitrogens is 1. The molecule has 1 aliphatic carbocycles. The van der Waals surface area contributed by atoms with Crippen molar-refractivity contribution in [2.24, 2.45) is 5.92 Å². The topological polar surface area (TPSA) is 212 Å². The summed E-state index contributed by atoms with van der Waals surface area (Å²) >= 11 is 0. The summed E-state index contributed by atoms with van der Waals surface area (Å²) in [5.74, 6) is -3.18. The Morgan fingerprint density at radius 3 is 2.51 bits per heavy atom. The summed E-state index contributed by atoms with van der Waals surface area (Å²) in [6.45, 7) is 3.62. The molecule has 2 fully saturated rings. The lowest BCUT2D eigenvalue weighted by Crippen LogP contribution is -2.57. The number of rotatable bonds is 13. The van der Waals surface area contributed by atoms with Gasteiger partial charge in [0.25, 0.3) is 0 Å². The third-order valence-electron chi connectivity index (χ3n) is 7.59. The number of hydrogen-bond donors (Lipinski definition) is 5. The summed E-state index contributed by atoms with van der Waals surface area (Å²) in [5.41, 5.74) is 0. The predicted octanol–water partition coefficient (Wildman–Crippen LogP) is -0.895. The summed E-state index contributed by atoms with van der Waals surface area (Å²) in [5, 5.41) is 30.2. The van der Waals surface area contributed by atoms with E-state index >= 15 is 0 Å². The van der Waals surface area contributed by atoms with Crippen LogP contribution in [0.15, 0.2) is 0 Å². The highest BCUT2D eigenvalue weighted by Gasteiger charge is 2.37. The van der Waals surface area contributed by atoms with Gasteiger partial charge in [0, 0.05) is 19.0 Å². The fraction of sp³-hybridized carbons (Fsp3) is 0.760. The Bertz CT molecular complexity index is 1030. The second kappa shape index (κ2) is 16.0. The summed E-state index contributed by atoms with van der Waals surface area (Å²) in [4.78, 5) is 66.2. The van der Waals surface area contributed by atoms with Crippen molar-refractivity contribution in [3.8, 4) is 0 Å². The maximum Gasteiger partial charge on any atom is 0.303 e. The number of nitrogens with zero attached hydrogens (tertiary/aromatic N) is 5. The molecule has 0 radical (unpaired) electrons. The van der Waals surface area contributed by atoms with E-state index in [2.05, 4.69) is 41.5 Å². The van der Waals surface area contributed by atoms with Crippen molar-refractivity contribution in [3.05, 3.63) is 5.82 Å². The average molecular weight is 580 g/mol. The molecule has 1 aromatic heterocycles. The zero-order valence-electron chi connectivity index (χ0n) is 23.6. The number of tetrazole rings is 1. The fourth-order valence-corrected chi connectivity index (χ4v) is 4.97. The molecule has 0 bridgehead atoms. The van der Waals surface area contributed by atoms with E-state index in [-0.39, 0.29) is 51.4 Å². The van der Waals surface area contributed by atoms with Crippen LogP contribution in [0.3, 0.4) is 0 Å². The van der Waals surface area contributed by atoms with Crippen LogP contribution in [0, 0.1) is 5.92 Å². The van der Waals surface area contributed by atoms with Crippen LogP contribution >= 0.6 is 0 Å². The van der Waals surface area contributed by atoms with Gasteiger partial charge in [0.1, 0.15) is 25.5 Å². The first-order valence-corrected chi connectivity index (χ1v) is 14.1. The number of aliphatic carboxylic acids is 1. The molecule has 1 aliphatic heterocycles. The van der Waals surface area contributed by atoms with Crippen molar-refractivity contribution < 1.29 is 33.8 Å². The van der Waals surface area contributed by atoms with E-state index < -0.39 is 48.2 Å². The van der Waals surface area contributed by atoms with Gasteiger partial charge in [-0.2, -0.15) is 5.21 Å². The number of carboxylic acids is 1. The summed E-state index contributed by atoms with van der Waals surface area (Å²) < 4.78 is 5.83. The normalized spacial score (nSPS) is 20.0. The maximum atomic E-state index is 13.4. The van der Waals surface area contributed by atoms with Crippen molar-refractivity contribution in [1.82, 2.24) is 46.4 Å². The molecule has 2 aliphatic rings. The van der Waals surface area contributed by atoms with Crippen LogP contribution in [0.4, 0.5) is 0 Å². The summed E-state index contributed by atoms with van der Waals surface area (Å²) in [7, 11) is 0. The number of carboxylic acid groups (broad SMARTS) is 1. The van der Waals surface area contributed by atoms with Crippen LogP contribution in [0.2, 0.25) is 0 Å².